The van der Waals surface area contributed by atoms with Crippen molar-refractivity contribution in [1.82, 2.24) is 19.3 Å². The first-order chi connectivity index (χ1) is 15.4. The number of rotatable bonds is 5. The number of nitrogen functional groups attached to an aromatic ring is 1. The Balaban J connectivity index is 0.00000125. The molecule has 0 aliphatic carbocycles. The van der Waals surface area contributed by atoms with E-state index in [-0.39, 0.29) is 34.6 Å². The van der Waals surface area contributed by atoms with Crippen LogP contribution in [0.25, 0.3) is 16.7 Å². The van der Waals surface area contributed by atoms with Gasteiger partial charge in [0.2, 0.25) is 5.82 Å². The molecule has 0 spiro atoms. The van der Waals surface area contributed by atoms with Crippen molar-refractivity contribution in [3.05, 3.63) is 82.7 Å². The Bertz CT molecular complexity index is 1250. The lowest BCUT2D eigenvalue weighted by atomic mass is 10.1. The number of nitrogens with two attached hydrogens (primary N) is 3. The molecule has 0 saturated carbocycles. The van der Waals surface area contributed by atoms with E-state index in [1.165, 1.54) is 29.4 Å². The summed E-state index contributed by atoms with van der Waals surface area (Å²) in [5.74, 6) is 13.1. The van der Waals surface area contributed by atoms with E-state index >= 15 is 0 Å². The zero-order chi connectivity index (χ0) is 23.3. The Hall–Kier alpha value is -3.98. The molecule has 0 aliphatic rings. The first-order valence-corrected chi connectivity index (χ1v) is 9.02. The van der Waals surface area contributed by atoms with Crippen molar-refractivity contribution >= 4 is 16.9 Å². The van der Waals surface area contributed by atoms with E-state index in [0.717, 1.165) is 16.4 Å². The lowest BCUT2D eigenvalue weighted by Gasteiger charge is -2.18. The molecule has 0 fully saturated rings. The van der Waals surface area contributed by atoms with Crippen LogP contribution in [-0.4, -0.2) is 24.7 Å². The van der Waals surface area contributed by atoms with E-state index in [1.807, 2.05) is 0 Å². The van der Waals surface area contributed by atoms with Crippen molar-refractivity contribution in [1.29, 1.82) is 0 Å². The van der Waals surface area contributed by atoms with E-state index in [1.54, 1.807) is 30.3 Å². The number of nitrogens with zero attached hydrogens (tertiary/aromatic N) is 4. The van der Waals surface area contributed by atoms with Crippen LogP contribution in [0.2, 0.25) is 0 Å². The second kappa shape index (κ2) is 10.6. The molecule has 0 aliphatic heterocycles. The van der Waals surface area contributed by atoms with Crippen molar-refractivity contribution in [2.45, 2.75) is 12.8 Å². The van der Waals surface area contributed by atoms with E-state index < -0.39 is 17.3 Å². The Morgan fingerprint density at radius 3 is 2.39 bits per heavy atom. The molecule has 14 heteroatoms. The second-order valence-electron chi connectivity index (χ2n) is 6.29. The van der Waals surface area contributed by atoms with Crippen LogP contribution in [0.1, 0.15) is 11.1 Å². The lowest BCUT2D eigenvalue weighted by molar-refractivity contribution is -0.137. The summed E-state index contributed by atoms with van der Waals surface area (Å²) in [5.41, 5.74) is 0.827. The number of nitrogens with one attached hydrogen (secondary N) is 1. The Morgan fingerprint density at radius 2 is 1.82 bits per heavy atom. The van der Waals surface area contributed by atoms with Crippen LogP contribution in [0, 0.1) is 0 Å². The summed E-state index contributed by atoms with van der Waals surface area (Å²) in [6, 6.07) is 10.9. The number of benzene rings is 2. The molecule has 9 N–H and O–H groups in total. The highest BCUT2D eigenvalue weighted by Crippen LogP contribution is 2.36. The standard InChI is InChI=1S/C19H15F3N6O2.H4N2.H2O/c20-19(21,22)13-8-16-14(9-15(13)27-7-6-24-11-27)25-17(26-23)18(29)28(16)30-10-12-4-2-1-3-5-12;1-2;/h1-9,11H,10,23H2,(H,25,26);1-2H2;1H2. The number of fused-ring (bicyclic) bond motifs is 1. The molecule has 0 amide bonds. The highest BCUT2D eigenvalue weighted by Gasteiger charge is 2.35. The van der Waals surface area contributed by atoms with Gasteiger partial charge in [-0.25, -0.2) is 15.8 Å². The Kier molecular flexibility index (Phi) is 8.09. The number of hydrogen-bond acceptors (Lipinski definition) is 8. The third kappa shape index (κ3) is 5.27. The number of alkyl halides is 3. The predicted molar refractivity (Wildman–Crippen MR) is 115 cm³/mol. The molecule has 0 bridgehead atoms. The maximum Gasteiger partial charge on any atom is 0.418 e. The predicted octanol–water partition coefficient (Wildman–Crippen LogP) is 0.509. The molecule has 0 atom stereocenters. The monoisotopic (exact) mass is 466 g/mol. The summed E-state index contributed by atoms with van der Waals surface area (Å²) >= 11 is 0. The molecule has 176 valence electrons. The molecule has 0 saturated heterocycles. The molecule has 0 radical (unpaired) electrons. The Morgan fingerprint density at radius 1 is 1.12 bits per heavy atom. The number of aromatic nitrogens is 4. The van der Waals surface area contributed by atoms with Crippen molar-refractivity contribution in [2.75, 3.05) is 5.43 Å². The van der Waals surface area contributed by atoms with Gasteiger partial charge in [0.1, 0.15) is 12.1 Å². The molecule has 2 aromatic heterocycles. The third-order valence-corrected chi connectivity index (χ3v) is 4.36. The Labute approximate surface area is 184 Å². The lowest BCUT2D eigenvalue weighted by Crippen LogP contribution is -2.32. The summed E-state index contributed by atoms with van der Waals surface area (Å²) in [6.45, 7) is -0.0471. The minimum Gasteiger partial charge on any atom is -0.412 e. The van der Waals surface area contributed by atoms with Gasteiger partial charge in [-0.3, -0.25) is 16.5 Å². The van der Waals surface area contributed by atoms with Crippen LogP contribution in [0.15, 0.2) is 66.0 Å². The highest BCUT2D eigenvalue weighted by molar-refractivity contribution is 5.80. The van der Waals surface area contributed by atoms with Gasteiger partial charge in [0.25, 0.3) is 0 Å². The minimum absolute atomic E-state index is 0. The smallest absolute Gasteiger partial charge is 0.412 e. The van der Waals surface area contributed by atoms with E-state index in [0.29, 0.717) is 0 Å². The fourth-order valence-electron chi connectivity index (χ4n) is 2.97. The van der Waals surface area contributed by atoms with Crippen molar-refractivity contribution < 1.29 is 23.5 Å². The molecule has 0 unspecified atom stereocenters. The first-order valence-electron chi connectivity index (χ1n) is 9.02. The largest absolute Gasteiger partial charge is 0.418 e. The van der Waals surface area contributed by atoms with Crippen LogP contribution in [0.3, 0.4) is 0 Å². The van der Waals surface area contributed by atoms with Crippen molar-refractivity contribution in [2.24, 2.45) is 17.5 Å². The van der Waals surface area contributed by atoms with Gasteiger partial charge in [-0.05, 0) is 17.7 Å². The van der Waals surface area contributed by atoms with E-state index in [2.05, 4.69) is 27.1 Å². The van der Waals surface area contributed by atoms with Crippen LogP contribution in [0.5, 0.6) is 0 Å². The quantitative estimate of drug-likeness (QED) is 0.242. The molecular weight excluding hydrogens is 445 g/mol. The van der Waals surface area contributed by atoms with Gasteiger partial charge < -0.3 is 20.3 Å². The zero-order valence-electron chi connectivity index (χ0n) is 17.0. The van der Waals surface area contributed by atoms with Gasteiger partial charge in [-0.15, -0.1) is 4.73 Å². The molecule has 4 aromatic rings. The molecule has 11 nitrogen and oxygen atoms in total. The van der Waals surface area contributed by atoms with Crippen LogP contribution in [-0.2, 0) is 12.8 Å². The van der Waals surface area contributed by atoms with E-state index in [9.17, 15) is 18.0 Å². The SMILES string of the molecule is NN.NNc1nc2cc(-n3ccnc3)c(C(F)(F)F)cc2n(OCc2ccccc2)c1=O.O. The van der Waals surface area contributed by atoms with Gasteiger partial charge in [0.15, 0.2) is 0 Å². The van der Waals surface area contributed by atoms with Crippen LogP contribution < -0.4 is 33.4 Å². The molecular formula is C19H21F3N8O3. The van der Waals surface area contributed by atoms with Gasteiger partial charge >= 0.3 is 11.7 Å². The van der Waals surface area contributed by atoms with Gasteiger partial charge in [-0.2, -0.15) is 13.2 Å². The average Bonchev–Trinajstić information content (AvgIpc) is 3.33. The fraction of sp³-hybridized carbons (Fsp3) is 0.105. The van der Waals surface area contributed by atoms with Gasteiger partial charge in [0, 0.05) is 12.4 Å². The summed E-state index contributed by atoms with van der Waals surface area (Å²) in [6.07, 6.45) is -0.728. The fourth-order valence-corrected chi connectivity index (χ4v) is 2.97. The number of imidazole rings is 1. The molecule has 2 aromatic carbocycles. The zero-order valence-corrected chi connectivity index (χ0v) is 17.0. The molecule has 33 heavy (non-hydrogen) atoms. The van der Waals surface area contributed by atoms with Crippen LogP contribution in [0.4, 0.5) is 19.0 Å². The number of halogens is 3. The normalized spacial score (nSPS) is 10.7. The van der Waals surface area contributed by atoms with Crippen LogP contribution >= 0.6 is 0 Å². The maximum atomic E-state index is 13.8. The third-order valence-electron chi connectivity index (χ3n) is 4.36. The highest BCUT2D eigenvalue weighted by atomic mass is 19.4. The summed E-state index contributed by atoms with van der Waals surface area (Å²) < 4.78 is 43.3. The first kappa shape index (κ1) is 25.3. The van der Waals surface area contributed by atoms with Crippen molar-refractivity contribution in [3.63, 3.8) is 0 Å². The van der Waals surface area contributed by atoms with Crippen molar-refractivity contribution in [3.8, 4) is 5.69 Å². The summed E-state index contributed by atoms with van der Waals surface area (Å²) in [7, 11) is 0. The number of hydrogen-bond donors (Lipinski definition) is 4. The maximum absolute atomic E-state index is 13.8. The second-order valence-corrected chi connectivity index (χ2v) is 6.29. The van der Waals surface area contributed by atoms with E-state index in [4.69, 9.17) is 10.7 Å². The topological polar surface area (TPSA) is 184 Å². The number of anilines is 1. The average molecular weight is 466 g/mol. The summed E-state index contributed by atoms with van der Waals surface area (Å²) in [4.78, 5) is 26.1. The summed E-state index contributed by atoms with van der Waals surface area (Å²) in [5, 5.41) is 0. The van der Waals surface area contributed by atoms with Gasteiger partial charge in [0.05, 0.1) is 23.1 Å². The molecule has 2 heterocycles. The molecule has 4 rings (SSSR count). The number of hydrazine groups is 2. The van der Waals surface area contributed by atoms with Gasteiger partial charge in [-0.1, -0.05) is 30.3 Å². The minimum atomic E-state index is -4.70.